The van der Waals surface area contributed by atoms with Crippen LogP contribution in [0.5, 0.6) is 0 Å². The number of benzene rings is 10. The molecule has 298 valence electrons. The summed E-state index contributed by atoms with van der Waals surface area (Å²) in [5.74, 6) is 0. The number of para-hydroxylation sites is 2. The van der Waals surface area contributed by atoms with Crippen molar-refractivity contribution in [3.8, 4) is 55.6 Å². The zero-order valence-corrected chi connectivity index (χ0v) is 35.2. The maximum absolute atomic E-state index is 6.30. The Morgan fingerprint density at radius 2 is 0.921 bits per heavy atom. The van der Waals surface area contributed by atoms with Crippen molar-refractivity contribution in [2.75, 3.05) is 4.90 Å². The van der Waals surface area contributed by atoms with E-state index in [1.807, 2.05) is 12.1 Å². The molecule has 2 nitrogen and oxygen atoms in total. The normalized spacial score (nSPS) is 12.7. The molecule has 1 aromatic heterocycles. The Morgan fingerprint density at radius 1 is 0.365 bits per heavy atom. The first kappa shape index (κ1) is 36.9. The van der Waals surface area contributed by atoms with Crippen LogP contribution in [-0.2, 0) is 5.41 Å². The summed E-state index contributed by atoms with van der Waals surface area (Å²) in [6, 6.07) is 81.7. The largest absolute Gasteiger partial charge is 0.456 e. The number of hydrogen-bond donors (Lipinski definition) is 0. The van der Waals surface area contributed by atoms with E-state index < -0.39 is 0 Å². The number of furan rings is 1. The van der Waals surface area contributed by atoms with E-state index >= 15 is 0 Å². The fourth-order valence-electron chi connectivity index (χ4n) is 10.2. The van der Waals surface area contributed by atoms with Crippen molar-refractivity contribution < 1.29 is 4.42 Å². The van der Waals surface area contributed by atoms with Crippen LogP contribution >= 0.6 is 0 Å². The third-order valence-electron chi connectivity index (χ3n) is 13.3. The van der Waals surface area contributed by atoms with E-state index in [4.69, 9.17) is 4.42 Å². The molecule has 10 aromatic carbocycles. The highest BCUT2D eigenvalue weighted by Crippen LogP contribution is 2.52. The van der Waals surface area contributed by atoms with Crippen LogP contribution in [0.25, 0.3) is 88.3 Å². The SMILES string of the molecule is CC1(C)c2ccccc2-c2c(-c3ccc(N(c4ccc(-c5ccc6c(c5)oc5ccccc56)cc4)c4ccccc4-c4cccc5cccc(-c6ccccc6)c45)cc3)cccc21. The van der Waals surface area contributed by atoms with E-state index in [0.717, 1.165) is 55.7 Å². The summed E-state index contributed by atoms with van der Waals surface area (Å²) in [6.07, 6.45) is 0. The van der Waals surface area contributed by atoms with E-state index in [0.29, 0.717) is 0 Å². The minimum Gasteiger partial charge on any atom is -0.456 e. The van der Waals surface area contributed by atoms with Gasteiger partial charge >= 0.3 is 0 Å². The van der Waals surface area contributed by atoms with Crippen LogP contribution in [0.3, 0.4) is 0 Å². The molecule has 11 aromatic rings. The Balaban J connectivity index is 1.01. The second-order valence-corrected chi connectivity index (χ2v) is 17.2. The second kappa shape index (κ2) is 14.6. The molecule has 0 radical (unpaired) electrons. The molecule has 0 spiro atoms. The molecular formula is C61H43NO. The van der Waals surface area contributed by atoms with Gasteiger partial charge in [-0.2, -0.15) is 0 Å². The third-order valence-corrected chi connectivity index (χ3v) is 13.3. The van der Waals surface area contributed by atoms with E-state index in [2.05, 4.69) is 231 Å². The highest BCUT2D eigenvalue weighted by Gasteiger charge is 2.36. The second-order valence-electron chi connectivity index (χ2n) is 17.2. The van der Waals surface area contributed by atoms with Gasteiger partial charge in [-0.15, -0.1) is 0 Å². The fourth-order valence-corrected chi connectivity index (χ4v) is 10.2. The Kier molecular flexibility index (Phi) is 8.55. The van der Waals surface area contributed by atoms with Crippen molar-refractivity contribution >= 4 is 49.8 Å². The van der Waals surface area contributed by atoms with Gasteiger partial charge in [0.25, 0.3) is 0 Å². The topological polar surface area (TPSA) is 16.4 Å². The standard InChI is InChI=1S/C61H43NO/c1-61(2)54-25-9-6-21-53(54)60-48(23-14-26-55(60)61)42-31-36-46(37-32-42)62(45-34-29-40(30-35-45)44-33-38-51-50-20-8-11-28-57(50)63-58(51)39-44)56-27-10-7-19-49(56)52-24-13-18-43-17-12-22-47(59(43)52)41-15-4-3-5-16-41/h3-39H,1-2H3. The van der Waals surface area contributed by atoms with Crippen LogP contribution < -0.4 is 4.90 Å². The summed E-state index contributed by atoms with van der Waals surface area (Å²) < 4.78 is 6.30. The Hall–Kier alpha value is -7.94. The van der Waals surface area contributed by atoms with Gasteiger partial charge in [0, 0.05) is 33.1 Å². The van der Waals surface area contributed by atoms with Crippen molar-refractivity contribution in [3.63, 3.8) is 0 Å². The molecule has 0 atom stereocenters. The minimum absolute atomic E-state index is 0.0612. The molecule has 12 rings (SSSR count). The molecule has 0 unspecified atom stereocenters. The van der Waals surface area contributed by atoms with Gasteiger partial charge in [0.1, 0.15) is 11.2 Å². The Morgan fingerprint density at radius 3 is 1.71 bits per heavy atom. The minimum atomic E-state index is -0.0612. The fraction of sp³-hybridized carbons (Fsp3) is 0.0492. The molecule has 2 heteroatoms. The van der Waals surface area contributed by atoms with E-state index in [1.165, 1.54) is 60.8 Å². The van der Waals surface area contributed by atoms with Crippen LogP contribution in [-0.4, -0.2) is 0 Å². The summed E-state index contributed by atoms with van der Waals surface area (Å²) in [5, 5.41) is 4.73. The lowest BCUT2D eigenvalue weighted by atomic mass is 9.82. The number of rotatable bonds is 7. The maximum Gasteiger partial charge on any atom is 0.136 e. The zero-order chi connectivity index (χ0) is 42.1. The summed E-state index contributed by atoms with van der Waals surface area (Å²) in [6.45, 7) is 4.70. The van der Waals surface area contributed by atoms with Gasteiger partial charge in [-0.3, -0.25) is 0 Å². The maximum atomic E-state index is 6.30. The number of nitrogens with zero attached hydrogens (tertiary/aromatic N) is 1. The van der Waals surface area contributed by atoms with Crippen molar-refractivity contribution in [2.45, 2.75) is 19.3 Å². The molecule has 0 fully saturated rings. The molecule has 1 aliphatic carbocycles. The lowest BCUT2D eigenvalue weighted by Gasteiger charge is -2.29. The molecule has 0 amide bonds. The predicted molar refractivity (Wildman–Crippen MR) is 265 cm³/mol. The van der Waals surface area contributed by atoms with Crippen LogP contribution in [0.4, 0.5) is 17.1 Å². The summed E-state index contributed by atoms with van der Waals surface area (Å²) in [5.41, 5.74) is 19.9. The molecule has 0 saturated carbocycles. The van der Waals surface area contributed by atoms with Crippen LogP contribution in [0, 0.1) is 0 Å². The van der Waals surface area contributed by atoms with Gasteiger partial charge in [0.05, 0.1) is 5.69 Å². The molecule has 1 heterocycles. The first-order valence-electron chi connectivity index (χ1n) is 21.8. The molecular weight excluding hydrogens is 763 g/mol. The van der Waals surface area contributed by atoms with Gasteiger partial charge in [-0.25, -0.2) is 0 Å². The number of anilines is 3. The highest BCUT2D eigenvalue weighted by atomic mass is 16.3. The number of hydrogen-bond acceptors (Lipinski definition) is 2. The average molecular weight is 806 g/mol. The van der Waals surface area contributed by atoms with E-state index in [9.17, 15) is 0 Å². The summed E-state index contributed by atoms with van der Waals surface area (Å²) in [7, 11) is 0. The molecule has 0 bridgehead atoms. The Labute approximate surface area is 368 Å². The van der Waals surface area contributed by atoms with Crippen LogP contribution in [0.2, 0.25) is 0 Å². The molecule has 63 heavy (non-hydrogen) atoms. The summed E-state index contributed by atoms with van der Waals surface area (Å²) >= 11 is 0. The highest BCUT2D eigenvalue weighted by molar-refractivity contribution is 6.09. The van der Waals surface area contributed by atoms with Gasteiger partial charge < -0.3 is 9.32 Å². The average Bonchev–Trinajstić information content (AvgIpc) is 3.83. The smallest absolute Gasteiger partial charge is 0.136 e. The quantitative estimate of drug-likeness (QED) is 0.160. The number of fused-ring (bicyclic) bond motifs is 7. The van der Waals surface area contributed by atoms with Gasteiger partial charge in [-0.1, -0.05) is 190 Å². The van der Waals surface area contributed by atoms with Crippen LogP contribution in [0.1, 0.15) is 25.0 Å². The lowest BCUT2D eigenvalue weighted by molar-refractivity contribution is 0.660. The van der Waals surface area contributed by atoms with Crippen molar-refractivity contribution in [3.05, 3.63) is 236 Å². The van der Waals surface area contributed by atoms with Gasteiger partial charge in [-0.05, 0) is 121 Å². The third kappa shape index (κ3) is 6.02. The monoisotopic (exact) mass is 805 g/mol. The first-order valence-corrected chi connectivity index (χ1v) is 21.8. The predicted octanol–water partition coefficient (Wildman–Crippen LogP) is 17.2. The van der Waals surface area contributed by atoms with Gasteiger partial charge in [0.2, 0.25) is 0 Å². The zero-order valence-electron chi connectivity index (χ0n) is 35.2. The summed E-state index contributed by atoms with van der Waals surface area (Å²) in [4.78, 5) is 2.42. The van der Waals surface area contributed by atoms with E-state index in [-0.39, 0.29) is 5.41 Å². The Bertz CT molecular complexity index is 3520. The first-order chi connectivity index (χ1) is 31.0. The van der Waals surface area contributed by atoms with Crippen molar-refractivity contribution in [2.24, 2.45) is 0 Å². The molecule has 0 saturated heterocycles. The van der Waals surface area contributed by atoms with Gasteiger partial charge in [0.15, 0.2) is 0 Å². The molecule has 1 aliphatic rings. The molecule has 0 N–H and O–H groups in total. The van der Waals surface area contributed by atoms with Crippen molar-refractivity contribution in [1.29, 1.82) is 0 Å². The molecule has 0 aliphatic heterocycles. The van der Waals surface area contributed by atoms with Crippen LogP contribution in [0.15, 0.2) is 229 Å². The lowest BCUT2D eigenvalue weighted by Crippen LogP contribution is -2.14. The van der Waals surface area contributed by atoms with Crippen molar-refractivity contribution in [1.82, 2.24) is 0 Å². The van der Waals surface area contributed by atoms with E-state index in [1.54, 1.807) is 0 Å².